The number of fused-ring (bicyclic) bond motifs is 3. The van der Waals surface area contributed by atoms with Gasteiger partial charge in [0.2, 0.25) is 0 Å². The van der Waals surface area contributed by atoms with Crippen molar-refractivity contribution in [3.8, 4) is 0 Å². The zero-order valence-corrected chi connectivity index (χ0v) is 14.9. The van der Waals surface area contributed by atoms with Gasteiger partial charge in [-0.1, -0.05) is 46.3 Å². The zero-order chi connectivity index (χ0) is 15.6. The molecule has 0 radical (unpaired) electrons. The van der Waals surface area contributed by atoms with E-state index < -0.39 is 0 Å². The minimum atomic E-state index is -0.0313. The smallest absolute Gasteiger partial charge is 0.0601 e. The highest BCUT2D eigenvalue weighted by atomic mass is 16.3. The Hall–Kier alpha value is -0.300. The van der Waals surface area contributed by atoms with Gasteiger partial charge >= 0.3 is 0 Å². The van der Waals surface area contributed by atoms with Gasteiger partial charge in [-0.25, -0.2) is 0 Å². The lowest BCUT2D eigenvalue weighted by atomic mass is 9.70. The molecule has 0 saturated heterocycles. The van der Waals surface area contributed by atoms with Crippen molar-refractivity contribution in [1.82, 2.24) is 0 Å². The van der Waals surface area contributed by atoms with Crippen molar-refractivity contribution >= 4 is 0 Å². The molecule has 2 unspecified atom stereocenters. The van der Waals surface area contributed by atoms with E-state index in [0.29, 0.717) is 10.8 Å². The molecule has 1 N–H and O–H groups in total. The third-order valence-electron chi connectivity index (χ3n) is 8.30. The van der Waals surface area contributed by atoms with Crippen LogP contribution < -0.4 is 0 Å². The molecule has 0 amide bonds. The Balaban J connectivity index is 0.000000126. The van der Waals surface area contributed by atoms with Crippen molar-refractivity contribution in [3.63, 3.8) is 0 Å². The summed E-state index contributed by atoms with van der Waals surface area (Å²) in [7, 11) is 0. The number of allylic oxidation sites excluding steroid dienone is 2. The molecule has 0 aromatic rings. The number of hydrogen-bond donors (Lipinski definition) is 1. The van der Waals surface area contributed by atoms with Crippen LogP contribution >= 0.6 is 0 Å². The van der Waals surface area contributed by atoms with Crippen LogP contribution in [0.25, 0.3) is 0 Å². The molecule has 0 spiro atoms. The molecule has 1 heteroatoms. The lowest BCUT2D eigenvalue weighted by molar-refractivity contribution is 0.0126. The average Bonchev–Trinajstić information content (AvgIpc) is 2.78. The summed E-state index contributed by atoms with van der Waals surface area (Å²) in [6.07, 6.45) is 8.73. The molecule has 3 fully saturated rings. The van der Waals surface area contributed by atoms with Crippen molar-refractivity contribution in [3.05, 3.63) is 11.6 Å². The van der Waals surface area contributed by atoms with E-state index in [0.717, 1.165) is 24.2 Å². The van der Waals surface area contributed by atoms with Crippen LogP contribution in [0.3, 0.4) is 0 Å². The molecule has 0 aliphatic heterocycles. The van der Waals surface area contributed by atoms with Crippen molar-refractivity contribution in [2.75, 3.05) is 0 Å². The van der Waals surface area contributed by atoms with E-state index in [2.05, 4.69) is 47.6 Å². The van der Waals surface area contributed by atoms with Crippen LogP contribution in [-0.2, 0) is 0 Å². The van der Waals surface area contributed by atoms with Gasteiger partial charge in [-0.05, 0) is 73.0 Å². The highest BCUT2D eigenvalue weighted by Crippen LogP contribution is 2.65. The molecule has 4 aliphatic carbocycles. The number of rotatable bonds is 0. The van der Waals surface area contributed by atoms with E-state index in [4.69, 9.17) is 0 Å². The predicted molar refractivity (Wildman–Crippen MR) is 89.0 cm³/mol. The van der Waals surface area contributed by atoms with Crippen LogP contribution in [-0.4, -0.2) is 11.2 Å². The first-order valence-electron chi connectivity index (χ1n) is 8.94. The second-order valence-corrected chi connectivity index (χ2v) is 9.65. The van der Waals surface area contributed by atoms with Crippen molar-refractivity contribution in [2.24, 2.45) is 34.0 Å². The molecule has 1 nitrogen and oxygen atoms in total. The number of aliphatic hydroxyl groups excluding tert-OH is 1. The first kappa shape index (κ1) is 15.6. The number of hydrogen-bond acceptors (Lipinski definition) is 1. The molecule has 0 aromatic carbocycles. The monoisotopic (exact) mass is 290 g/mol. The van der Waals surface area contributed by atoms with Gasteiger partial charge in [-0.2, -0.15) is 0 Å². The first-order valence-corrected chi connectivity index (χ1v) is 8.94. The molecular formula is C20H34O. The average molecular weight is 290 g/mol. The lowest BCUT2D eigenvalue weighted by Crippen LogP contribution is -2.35. The Morgan fingerprint density at radius 2 is 1.76 bits per heavy atom. The van der Waals surface area contributed by atoms with Crippen LogP contribution in [0.4, 0.5) is 0 Å². The number of aliphatic hydroxyl groups is 1. The normalized spacial score (nSPS) is 48.0. The highest BCUT2D eigenvalue weighted by molar-refractivity contribution is 5.18. The summed E-state index contributed by atoms with van der Waals surface area (Å²) in [5, 5.41) is 9.81. The van der Waals surface area contributed by atoms with Crippen LogP contribution in [0, 0.1) is 34.0 Å². The van der Waals surface area contributed by atoms with Gasteiger partial charge in [-0.15, -0.1) is 0 Å². The molecule has 120 valence electrons. The molecule has 4 aliphatic rings. The minimum absolute atomic E-state index is 0.0313. The Morgan fingerprint density at radius 1 is 1.10 bits per heavy atom. The maximum absolute atomic E-state index is 9.81. The fraction of sp³-hybridized carbons (Fsp3) is 0.900. The highest BCUT2D eigenvalue weighted by Gasteiger charge is 2.61. The van der Waals surface area contributed by atoms with Crippen LogP contribution in [0.1, 0.15) is 73.6 Å². The molecule has 3 saturated carbocycles. The maximum atomic E-state index is 9.81. The molecule has 4 rings (SSSR count). The molecule has 2 bridgehead atoms. The van der Waals surface area contributed by atoms with Crippen LogP contribution in [0.5, 0.6) is 0 Å². The summed E-state index contributed by atoms with van der Waals surface area (Å²) in [5.41, 5.74) is 2.89. The van der Waals surface area contributed by atoms with E-state index in [9.17, 15) is 5.11 Å². The second kappa shape index (κ2) is 4.60. The fourth-order valence-corrected chi connectivity index (χ4v) is 5.65. The maximum Gasteiger partial charge on any atom is 0.0601 e. The second-order valence-electron chi connectivity index (χ2n) is 9.65. The van der Waals surface area contributed by atoms with E-state index in [1.165, 1.54) is 25.7 Å². The zero-order valence-electron chi connectivity index (χ0n) is 14.9. The standard InChI is InChI=1S/C10H18O.C10H16/c1-9(2)7-4-5-10(9,3)8(11)6-7;1-7-4-5-8-9(6-7)10(8,2)3/h7-8,11H,4-6H2,1-3H3;4,8-9H,5-6H2,1-3H3/t7-,8+,10+;/m1./s1. The molecule has 0 aromatic heterocycles. The summed E-state index contributed by atoms with van der Waals surface area (Å²) in [4.78, 5) is 0. The largest absolute Gasteiger partial charge is 0.393 e. The third-order valence-corrected chi connectivity index (χ3v) is 8.30. The lowest BCUT2D eigenvalue weighted by Gasteiger charge is -2.36. The Kier molecular flexibility index (Phi) is 3.41. The summed E-state index contributed by atoms with van der Waals surface area (Å²) in [6.45, 7) is 14.0. The summed E-state index contributed by atoms with van der Waals surface area (Å²) >= 11 is 0. The van der Waals surface area contributed by atoms with Gasteiger partial charge in [0.25, 0.3) is 0 Å². The van der Waals surface area contributed by atoms with Gasteiger partial charge in [-0.3, -0.25) is 0 Å². The molecular weight excluding hydrogens is 256 g/mol. The molecule has 21 heavy (non-hydrogen) atoms. The van der Waals surface area contributed by atoms with Gasteiger partial charge in [0.1, 0.15) is 0 Å². The van der Waals surface area contributed by atoms with Gasteiger partial charge in [0, 0.05) is 0 Å². The predicted octanol–water partition coefficient (Wildman–Crippen LogP) is 5.19. The van der Waals surface area contributed by atoms with E-state index in [-0.39, 0.29) is 11.5 Å². The van der Waals surface area contributed by atoms with Crippen LogP contribution in [0.15, 0.2) is 11.6 Å². The first-order chi connectivity index (χ1) is 9.60. The van der Waals surface area contributed by atoms with Gasteiger partial charge in [0.05, 0.1) is 6.10 Å². The summed E-state index contributed by atoms with van der Waals surface area (Å²) < 4.78 is 0. The Labute approximate surface area is 131 Å². The van der Waals surface area contributed by atoms with Gasteiger partial charge in [0.15, 0.2) is 0 Å². The van der Waals surface area contributed by atoms with Gasteiger partial charge < -0.3 is 5.11 Å². The van der Waals surface area contributed by atoms with Crippen molar-refractivity contribution < 1.29 is 5.11 Å². The SMILES string of the molecule is CC1(C)[C@@H]2CC[C@@]1(C)[C@@H](O)C2.CC1=CCC2C(C1)C2(C)C. The summed E-state index contributed by atoms with van der Waals surface area (Å²) in [5.74, 6) is 2.83. The quantitative estimate of drug-likeness (QED) is 0.608. The molecule has 0 heterocycles. The van der Waals surface area contributed by atoms with E-state index in [1.54, 1.807) is 5.57 Å². The molecule has 5 atom stereocenters. The third kappa shape index (κ3) is 2.14. The van der Waals surface area contributed by atoms with Crippen molar-refractivity contribution in [2.45, 2.75) is 79.8 Å². The summed E-state index contributed by atoms with van der Waals surface area (Å²) in [6, 6.07) is 0. The van der Waals surface area contributed by atoms with E-state index in [1.807, 2.05) is 0 Å². The topological polar surface area (TPSA) is 20.2 Å². The fourth-order valence-electron chi connectivity index (χ4n) is 5.65. The van der Waals surface area contributed by atoms with E-state index >= 15 is 0 Å². The van der Waals surface area contributed by atoms with Crippen molar-refractivity contribution in [1.29, 1.82) is 0 Å². The Bertz CT molecular complexity index is 458. The minimum Gasteiger partial charge on any atom is -0.393 e. The Morgan fingerprint density at radius 3 is 2.10 bits per heavy atom. The van der Waals surface area contributed by atoms with Crippen LogP contribution in [0.2, 0.25) is 0 Å².